The van der Waals surface area contributed by atoms with Gasteiger partial charge >= 0.3 is 0 Å². The first-order valence-corrected chi connectivity index (χ1v) is 6.63. The number of amides is 1. The van der Waals surface area contributed by atoms with E-state index in [-0.39, 0.29) is 11.7 Å². The summed E-state index contributed by atoms with van der Waals surface area (Å²) in [5.74, 6) is -0.383. The number of hydrogen-bond acceptors (Lipinski definition) is 1. The van der Waals surface area contributed by atoms with E-state index in [1.165, 1.54) is 18.2 Å². The number of nitrogens with zero attached hydrogens (tertiary/aromatic N) is 1. The third kappa shape index (κ3) is 3.80. The molecule has 0 bridgehead atoms. The van der Waals surface area contributed by atoms with Gasteiger partial charge in [-0.3, -0.25) is 4.79 Å². The van der Waals surface area contributed by atoms with E-state index in [1.807, 2.05) is 13.8 Å². The fraction of sp³-hybridized carbons (Fsp3) is 0.462. The van der Waals surface area contributed by atoms with Crippen molar-refractivity contribution < 1.29 is 9.18 Å². The summed E-state index contributed by atoms with van der Waals surface area (Å²) in [5, 5.41) is 0. The maximum Gasteiger partial charge on any atom is 0.255 e. The number of benzene rings is 1. The van der Waals surface area contributed by atoms with Crippen molar-refractivity contribution in [3.8, 4) is 0 Å². The highest BCUT2D eigenvalue weighted by Crippen LogP contribution is 2.20. The monoisotopic (exact) mass is 301 g/mol. The van der Waals surface area contributed by atoms with Crippen molar-refractivity contribution in [3.63, 3.8) is 0 Å². The molecule has 0 unspecified atom stereocenters. The third-order valence-electron chi connectivity index (χ3n) is 2.44. The lowest BCUT2D eigenvalue weighted by Gasteiger charge is -2.22. The Hall–Kier alpha value is -0.900. The van der Waals surface area contributed by atoms with Gasteiger partial charge in [-0.15, -0.1) is 0 Å². The van der Waals surface area contributed by atoms with Gasteiger partial charge in [-0.2, -0.15) is 0 Å². The summed E-state index contributed by atoms with van der Waals surface area (Å²) in [5.41, 5.74) is 0.522. The molecule has 0 radical (unpaired) electrons. The van der Waals surface area contributed by atoms with Crippen LogP contribution in [0.3, 0.4) is 0 Å². The predicted octanol–water partition coefficient (Wildman–Crippen LogP) is 3.85. The van der Waals surface area contributed by atoms with Gasteiger partial charge in [0, 0.05) is 17.6 Å². The van der Waals surface area contributed by atoms with E-state index in [0.717, 1.165) is 25.9 Å². The Morgan fingerprint density at radius 3 is 2.35 bits per heavy atom. The molecule has 0 atom stereocenters. The second-order valence-electron chi connectivity index (χ2n) is 3.92. The van der Waals surface area contributed by atoms with Gasteiger partial charge in [0.15, 0.2) is 0 Å². The number of hydrogen-bond donors (Lipinski definition) is 0. The lowest BCUT2D eigenvalue weighted by molar-refractivity contribution is 0.0754. The SMILES string of the molecule is CCCN(CCC)C(=O)c1ccc(F)cc1Br. The molecule has 0 aliphatic rings. The van der Waals surface area contributed by atoms with E-state index < -0.39 is 0 Å². The molecule has 94 valence electrons. The molecule has 1 amide bonds. The Balaban J connectivity index is 2.92. The van der Waals surface area contributed by atoms with Gasteiger partial charge in [0.1, 0.15) is 5.82 Å². The maximum atomic E-state index is 13.0. The molecule has 1 aromatic rings. The quantitative estimate of drug-likeness (QED) is 0.809. The largest absolute Gasteiger partial charge is 0.339 e. The lowest BCUT2D eigenvalue weighted by atomic mass is 10.2. The van der Waals surface area contributed by atoms with Crippen molar-refractivity contribution >= 4 is 21.8 Å². The summed E-state index contributed by atoms with van der Waals surface area (Å²) in [4.78, 5) is 14.0. The van der Waals surface area contributed by atoms with Crippen LogP contribution in [0.5, 0.6) is 0 Å². The second-order valence-corrected chi connectivity index (χ2v) is 4.77. The Bertz CT molecular complexity index is 389. The van der Waals surface area contributed by atoms with E-state index in [0.29, 0.717) is 10.0 Å². The minimum absolute atomic E-state index is 0.0411. The number of halogens is 2. The van der Waals surface area contributed by atoms with Crippen LogP contribution in [0.1, 0.15) is 37.0 Å². The molecule has 0 heterocycles. The molecule has 4 heteroatoms. The van der Waals surface area contributed by atoms with Crippen LogP contribution in [-0.2, 0) is 0 Å². The molecule has 2 nitrogen and oxygen atoms in total. The van der Waals surface area contributed by atoms with Gasteiger partial charge in [-0.25, -0.2) is 4.39 Å². The second kappa shape index (κ2) is 6.74. The van der Waals surface area contributed by atoms with Crippen LogP contribution in [0.25, 0.3) is 0 Å². The fourth-order valence-electron chi connectivity index (χ4n) is 1.69. The first kappa shape index (κ1) is 14.2. The zero-order valence-corrected chi connectivity index (χ0v) is 11.8. The third-order valence-corrected chi connectivity index (χ3v) is 3.09. The van der Waals surface area contributed by atoms with Gasteiger partial charge in [-0.05, 0) is 47.0 Å². The van der Waals surface area contributed by atoms with Crippen LogP contribution >= 0.6 is 15.9 Å². The van der Waals surface area contributed by atoms with Crippen LogP contribution in [0.15, 0.2) is 22.7 Å². The molecule has 0 saturated carbocycles. The van der Waals surface area contributed by atoms with Crippen molar-refractivity contribution in [2.75, 3.05) is 13.1 Å². The van der Waals surface area contributed by atoms with Gasteiger partial charge in [-0.1, -0.05) is 13.8 Å². The highest BCUT2D eigenvalue weighted by Gasteiger charge is 2.17. The summed E-state index contributed by atoms with van der Waals surface area (Å²) in [6.07, 6.45) is 1.84. The van der Waals surface area contributed by atoms with Crippen molar-refractivity contribution in [2.24, 2.45) is 0 Å². The van der Waals surface area contributed by atoms with Crippen LogP contribution < -0.4 is 0 Å². The van der Waals surface area contributed by atoms with Crippen LogP contribution in [0.4, 0.5) is 4.39 Å². The highest BCUT2D eigenvalue weighted by atomic mass is 79.9. The Kier molecular flexibility index (Phi) is 5.62. The lowest BCUT2D eigenvalue weighted by Crippen LogP contribution is -2.32. The Labute approximate surface area is 110 Å². The normalized spacial score (nSPS) is 10.4. The zero-order valence-electron chi connectivity index (χ0n) is 10.2. The van der Waals surface area contributed by atoms with E-state index in [9.17, 15) is 9.18 Å². The average Bonchev–Trinajstić information content (AvgIpc) is 2.28. The Morgan fingerprint density at radius 2 is 1.88 bits per heavy atom. The van der Waals surface area contributed by atoms with E-state index in [4.69, 9.17) is 0 Å². The van der Waals surface area contributed by atoms with E-state index >= 15 is 0 Å². The van der Waals surface area contributed by atoms with E-state index in [1.54, 1.807) is 4.90 Å². The predicted molar refractivity (Wildman–Crippen MR) is 70.6 cm³/mol. The molecule has 0 fully saturated rings. The van der Waals surface area contributed by atoms with Gasteiger partial charge in [0.05, 0.1) is 5.56 Å². The first-order valence-electron chi connectivity index (χ1n) is 5.84. The molecule has 0 spiro atoms. The number of carbonyl (C=O) groups is 1. The van der Waals surface area contributed by atoms with Crippen LogP contribution in [-0.4, -0.2) is 23.9 Å². The van der Waals surface area contributed by atoms with Crippen LogP contribution in [0, 0.1) is 5.82 Å². The van der Waals surface area contributed by atoms with E-state index in [2.05, 4.69) is 15.9 Å². The number of carbonyl (C=O) groups excluding carboxylic acids is 1. The van der Waals surface area contributed by atoms with Crippen molar-refractivity contribution in [2.45, 2.75) is 26.7 Å². The molecule has 0 aliphatic heterocycles. The topological polar surface area (TPSA) is 20.3 Å². The molecule has 0 saturated heterocycles. The maximum absolute atomic E-state index is 13.0. The minimum Gasteiger partial charge on any atom is -0.339 e. The average molecular weight is 302 g/mol. The molecular weight excluding hydrogens is 285 g/mol. The van der Waals surface area contributed by atoms with Gasteiger partial charge in [0.25, 0.3) is 5.91 Å². The molecule has 1 rings (SSSR count). The molecule has 1 aromatic carbocycles. The molecule has 17 heavy (non-hydrogen) atoms. The summed E-state index contributed by atoms with van der Waals surface area (Å²) < 4.78 is 13.5. The molecule has 0 aliphatic carbocycles. The minimum atomic E-state index is -0.342. The van der Waals surface area contributed by atoms with Crippen LogP contribution in [0.2, 0.25) is 0 Å². The summed E-state index contributed by atoms with van der Waals surface area (Å²) >= 11 is 3.23. The zero-order chi connectivity index (χ0) is 12.8. The fourth-order valence-corrected chi connectivity index (χ4v) is 2.21. The standard InChI is InChI=1S/C13H17BrFNO/c1-3-7-16(8-4-2)13(17)11-6-5-10(15)9-12(11)14/h5-6,9H,3-4,7-8H2,1-2H3. The summed E-state index contributed by atoms with van der Waals surface area (Å²) in [6.45, 7) is 5.54. The summed E-state index contributed by atoms with van der Waals surface area (Å²) in [6, 6.07) is 4.16. The Morgan fingerprint density at radius 1 is 1.29 bits per heavy atom. The van der Waals surface area contributed by atoms with Crippen molar-refractivity contribution in [1.82, 2.24) is 4.90 Å². The molecule has 0 N–H and O–H groups in total. The van der Waals surface area contributed by atoms with Gasteiger partial charge in [0.2, 0.25) is 0 Å². The van der Waals surface area contributed by atoms with Gasteiger partial charge < -0.3 is 4.90 Å². The molecular formula is C13H17BrFNO. The smallest absolute Gasteiger partial charge is 0.255 e. The first-order chi connectivity index (χ1) is 8.10. The summed E-state index contributed by atoms with van der Waals surface area (Å²) in [7, 11) is 0. The highest BCUT2D eigenvalue weighted by molar-refractivity contribution is 9.10. The van der Waals surface area contributed by atoms with Crippen molar-refractivity contribution in [3.05, 3.63) is 34.1 Å². The van der Waals surface area contributed by atoms with Crippen molar-refractivity contribution in [1.29, 1.82) is 0 Å². The molecule has 0 aromatic heterocycles. The number of rotatable bonds is 5.